The van der Waals surface area contributed by atoms with E-state index in [1.165, 1.54) is 13.0 Å². The van der Waals surface area contributed by atoms with Crippen LogP contribution in [0.1, 0.15) is 6.92 Å². The van der Waals surface area contributed by atoms with Crippen LogP contribution >= 0.6 is 7.82 Å². The molecule has 10 heavy (non-hydrogen) atoms. The van der Waals surface area contributed by atoms with Crippen molar-refractivity contribution < 1.29 is 78.0 Å². The summed E-state index contributed by atoms with van der Waals surface area (Å²) in [4.78, 5) is 19.2. The number of hydrogen-bond acceptors (Lipinski definition) is 4. The molecule has 0 spiro atoms. The van der Waals surface area contributed by atoms with Crippen LogP contribution in [0, 0.1) is 0 Å². The minimum absolute atomic E-state index is 0. The van der Waals surface area contributed by atoms with Crippen molar-refractivity contribution in [2.45, 2.75) is 6.92 Å². The third-order valence-corrected chi connectivity index (χ3v) is 0.706. The fourth-order valence-electron chi connectivity index (χ4n) is 0.135. The van der Waals surface area contributed by atoms with Gasteiger partial charge >= 0.3 is 59.1 Å². The fourth-order valence-corrected chi connectivity index (χ4v) is 0.406. The molecule has 0 aromatic rings. The summed E-state index contributed by atoms with van der Waals surface area (Å²) in [5, 5.41) is 0. The molecule has 0 aliphatic carbocycles. The van der Waals surface area contributed by atoms with E-state index in [2.05, 4.69) is 4.52 Å². The van der Waals surface area contributed by atoms with Crippen molar-refractivity contribution >= 4 is 7.82 Å². The second-order valence-electron chi connectivity index (χ2n) is 1.02. The summed E-state index contributed by atoms with van der Waals surface area (Å²) >= 11 is 0. The van der Waals surface area contributed by atoms with Crippen LogP contribution in [0.5, 0.6) is 0 Å². The Hall–Kier alpha value is 1.69. The molecule has 0 unspecified atom stereocenters. The first-order valence-electron chi connectivity index (χ1n) is 1.88. The summed E-state index contributed by atoms with van der Waals surface area (Å²) in [7, 11) is -4.77. The molecule has 48 valence electrons. The zero-order valence-corrected chi connectivity index (χ0v) is 11.1. The Balaban J connectivity index is -0.000000245. The number of rotatable bonds is 2. The zero-order chi connectivity index (χ0) is 6.62. The maximum absolute atomic E-state index is 9.59. The second-order valence-corrected chi connectivity index (χ2v) is 2.13. The molecule has 0 bridgehead atoms. The molecule has 0 aliphatic rings. The Kier molecular flexibility index (Phi) is 15.5. The first-order valence-corrected chi connectivity index (χ1v) is 3.34. The normalized spacial score (nSPS) is 9.90. The van der Waals surface area contributed by atoms with Gasteiger partial charge in [-0.2, -0.15) is 0 Å². The number of phosphoric ester groups is 1. The van der Waals surface area contributed by atoms with Gasteiger partial charge in [0.05, 0.1) is 6.26 Å². The van der Waals surface area contributed by atoms with Gasteiger partial charge in [0.15, 0.2) is 0 Å². The van der Waals surface area contributed by atoms with E-state index in [1.807, 2.05) is 0 Å². The van der Waals surface area contributed by atoms with Crippen molar-refractivity contribution in [3.8, 4) is 0 Å². The fraction of sp³-hybridized carbons (Fsp3) is 0.333. The van der Waals surface area contributed by atoms with Crippen LogP contribution in [0.2, 0.25) is 0 Å². The van der Waals surface area contributed by atoms with Gasteiger partial charge in [-0.3, -0.25) is 0 Å². The molecule has 0 N–H and O–H groups in total. The predicted octanol–water partition coefficient (Wildman–Crippen LogP) is -6.63. The van der Waals surface area contributed by atoms with E-state index in [0.29, 0.717) is 0 Å². The molecule has 0 heterocycles. The van der Waals surface area contributed by atoms with Gasteiger partial charge in [0, 0.05) is 0 Å². The van der Waals surface area contributed by atoms with Crippen LogP contribution in [-0.2, 0) is 9.09 Å². The Morgan fingerprint density at radius 1 is 1.40 bits per heavy atom. The van der Waals surface area contributed by atoms with Gasteiger partial charge in [0.25, 0.3) is 0 Å². The Bertz CT molecular complexity index is 130. The Morgan fingerprint density at radius 3 is 1.90 bits per heavy atom. The SMILES string of the molecule is CC=COP(=O)([O-])[O-].[Na+].[Na+]. The van der Waals surface area contributed by atoms with Gasteiger partial charge in [-0.25, -0.2) is 0 Å². The van der Waals surface area contributed by atoms with E-state index in [4.69, 9.17) is 0 Å². The molecule has 0 fully saturated rings. The first kappa shape index (κ1) is 17.7. The molecule has 0 aromatic carbocycles. The summed E-state index contributed by atoms with van der Waals surface area (Å²) in [5.41, 5.74) is 0. The van der Waals surface area contributed by atoms with Crippen LogP contribution in [0.3, 0.4) is 0 Å². The van der Waals surface area contributed by atoms with E-state index in [1.54, 1.807) is 0 Å². The minimum atomic E-state index is -4.77. The zero-order valence-electron chi connectivity index (χ0n) is 6.23. The van der Waals surface area contributed by atoms with Gasteiger partial charge in [0.1, 0.15) is 7.82 Å². The van der Waals surface area contributed by atoms with E-state index in [-0.39, 0.29) is 59.1 Å². The Morgan fingerprint density at radius 2 is 1.80 bits per heavy atom. The molecule has 0 atom stereocenters. The monoisotopic (exact) mass is 182 g/mol. The minimum Gasteiger partial charge on any atom is -0.780 e. The number of allylic oxidation sites excluding steroid dienone is 1. The van der Waals surface area contributed by atoms with Crippen LogP contribution in [0.25, 0.3) is 0 Å². The third kappa shape index (κ3) is 16.3. The van der Waals surface area contributed by atoms with E-state index in [9.17, 15) is 14.4 Å². The average Bonchev–Trinajstić information content (AvgIpc) is 1.59. The third-order valence-electron chi connectivity index (χ3n) is 0.326. The molecular formula is C3H5Na2O4P. The molecule has 4 nitrogen and oxygen atoms in total. The maximum atomic E-state index is 9.59. The second kappa shape index (κ2) is 8.78. The molecule has 0 aliphatic heterocycles. The number of hydrogen-bond donors (Lipinski definition) is 0. The van der Waals surface area contributed by atoms with Gasteiger partial charge in [0.2, 0.25) is 0 Å². The van der Waals surface area contributed by atoms with Crippen LogP contribution in [0.15, 0.2) is 12.3 Å². The predicted molar refractivity (Wildman–Crippen MR) is 23.5 cm³/mol. The Labute approximate surface area is 104 Å². The van der Waals surface area contributed by atoms with Crippen LogP contribution < -0.4 is 68.9 Å². The molecule has 0 aromatic heterocycles. The van der Waals surface area contributed by atoms with Crippen molar-refractivity contribution in [1.29, 1.82) is 0 Å². The molecule has 0 saturated carbocycles. The van der Waals surface area contributed by atoms with Gasteiger partial charge < -0.3 is 18.9 Å². The molecule has 0 rings (SSSR count). The summed E-state index contributed by atoms with van der Waals surface area (Å²) in [6.07, 6.45) is 2.13. The summed E-state index contributed by atoms with van der Waals surface area (Å²) < 4.78 is 13.2. The van der Waals surface area contributed by atoms with Crippen molar-refractivity contribution in [2.75, 3.05) is 0 Å². The van der Waals surface area contributed by atoms with Gasteiger partial charge in [-0.1, -0.05) is 6.08 Å². The van der Waals surface area contributed by atoms with Crippen molar-refractivity contribution in [3.63, 3.8) is 0 Å². The van der Waals surface area contributed by atoms with Crippen LogP contribution in [0.4, 0.5) is 0 Å². The average molecular weight is 182 g/mol. The molecule has 0 saturated heterocycles. The molecule has 0 amide bonds. The van der Waals surface area contributed by atoms with Crippen LogP contribution in [-0.4, -0.2) is 0 Å². The molecule has 7 heteroatoms. The van der Waals surface area contributed by atoms with Crippen molar-refractivity contribution in [1.82, 2.24) is 0 Å². The summed E-state index contributed by atoms with van der Waals surface area (Å²) in [6, 6.07) is 0. The van der Waals surface area contributed by atoms with E-state index in [0.717, 1.165) is 6.26 Å². The topological polar surface area (TPSA) is 72.4 Å². The van der Waals surface area contributed by atoms with Crippen molar-refractivity contribution in [3.05, 3.63) is 12.3 Å². The summed E-state index contributed by atoms with van der Waals surface area (Å²) in [6.45, 7) is 1.54. The van der Waals surface area contributed by atoms with E-state index < -0.39 is 7.82 Å². The largest absolute Gasteiger partial charge is 1.00 e. The van der Waals surface area contributed by atoms with Crippen molar-refractivity contribution in [2.24, 2.45) is 0 Å². The summed E-state index contributed by atoms with van der Waals surface area (Å²) in [5.74, 6) is 0. The molecule has 0 radical (unpaired) electrons. The van der Waals surface area contributed by atoms with Gasteiger partial charge in [-0.05, 0) is 6.92 Å². The van der Waals surface area contributed by atoms with E-state index >= 15 is 0 Å². The maximum Gasteiger partial charge on any atom is 1.00 e. The first-order chi connectivity index (χ1) is 3.56. The smallest absolute Gasteiger partial charge is 0.780 e. The quantitative estimate of drug-likeness (QED) is 0.242. The standard InChI is InChI=1S/C3H7O4P.2Na/c1-2-3-7-8(4,5)6;;/h2-3H,1H3,(H2,4,5,6);;/q;2*+1/p-2. The molecular weight excluding hydrogens is 177 g/mol. The van der Waals surface area contributed by atoms with Gasteiger partial charge in [-0.15, -0.1) is 0 Å². The number of phosphoric acid groups is 1.